The number of hydrogen-bond donors (Lipinski definition) is 0. The summed E-state index contributed by atoms with van der Waals surface area (Å²) < 4.78 is 20.7. The zero-order chi connectivity index (χ0) is 19.8. The molecule has 142 valence electrons. The lowest BCUT2D eigenvalue weighted by atomic mass is 10.2. The summed E-state index contributed by atoms with van der Waals surface area (Å²) in [5.74, 6) is 1.22. The first-order chi connectivity index (χ1) is 14.2. The van der Waals surface area contributed by atoms with Gasteiger partial charge in [-0.05, 0) is 54.1 Å². The Bertz CT molecular complexity index is 1310. The first-order valence-corrected chi connectivity index (χ1v) is 9.23. The van der Waals surface area contributed by atoms with Crippen LogP contribution in [0, 0.1) is 5.82 Å². The molecule has 0 aliphatic rings. The zero-order valence-electron chi connectivity index (χ0n) is 15.7. The summed E-state index contributed by atoms with van der Waals surface area (Å²) in [5.41, 5.74) is 4.74. The summed E-state index contributed by atoms with van der Waals surface area (Å²) >= 11 is 0. The molecule has 0 aliphatic carbocycles. The Morgan fingerprint density at radius 2 is 1.52 bits per heavy atom. The van der Waals surface area contributed by atoms with E-state index in [2.05, 4.69) is 4.98 Å². The molecule has 0 atom stereocenters. The highest BCUT2D eigenvalue weighted by molar-refractivity contribution is 5.84. The van der Waals surface area contributed by atoms with Gasteiger partial charge in [0.1, 0.15) is 17.4 Å². The molecule has 0 bridgehead atoms. The van der Waals surface area contributed by atoms with Gasteiger partial charge in [0.15, 0.2) is 11.3 Å². The standard InChI is InChI=1S/C23H17FN4O/c1-29-18-12-6-15(7-13-18)14-28-22(16-8-10-17(24)11-9-16)27-21-23(28)26-20-5-3-2-4-19(20)25-21/h2-13H,14H2,1H3. The smallest absolute Gasteiger partial charge is 0.198 e. The molecule has 5 nitrogen and oxygen atoms in total. The molecule has 0 saturated heterocycles. The topological polar surface area (TPSA) is 52.8 Å². The Morgan fingerprint density at radius 3 is 2.21 bits per heavy atom. The van der Waals surface area contributed by atoms with Gasteiger partial charge in [0.2, 0.25) is 0 Å². The van der Waals surface area contributed by atoms with E-state index < -0.39 is 0 Å². The fourth-order valence-corrected chi connectivity index (χ4v) is 3.38. The van der Waals surface area contributed by atoms with Gasteiger partial charge in [-0.15, -0.1) is 0 Å². The summed E-state index contributed by atoms with van der Waals surface area (Å²) in [6.07, 6.45) is 0. The minimum absolute atomic E-state index is 0.284. The molecule has 2 heterocycles. The molecule has 0 aliphatic heterocycles. The van der Waals surface area contributed by atoms with Crippen LogP contribution < -0.4 is 4.74 Å². The predicted molar refractivity (Wildman–Crippen MR) is 110 cm³/mol. The molecule has 0 unspecified atom stereocenters. The maximum atomic E-state index is 13.5. The molecule has 3 aromatic carbocycles. The van der Waals surface area contributed by atoms with Crippen molar-refractivity contribution in [2.45, 2.75) is 6.54 Å². The van der Waals surface area contributed by atoms with E-state index in [1.54, 1.807) is 19.2 Å². The van der Waals surface area contributed by atoms with Crippen LogP contribution in [0.25, 0.3) is 33.7 Å². The highest BCUT2D eigenvalue weighted by Crippen LogP contribution is 2.26. The van der Waals surface area contributed by atoms with Crippen LogP contribution >= 0.6 is 0 Å². The van der Waals surface area contributed by atoms with Crippen molar-refractivity contribution < 1.29 is 9.13 Å². The Morgan fingerprint density at radius 1 is 0.828 bits per heavy atom. The first kappa shape index (κ1) is 17.3. The Hall–Kier alpha value is -3.80. The number of aromatic nitrogens is 4. The summed E-state index contributed by atoms with van der Waals surface area (Å²) in [6.45, 7) is 0.556. The lowest BCUT2D eigenvalue weighted by Crippen LogP contribution is -2.03. The largest absolute Gasteiger partial charge is 0.497 e. The van der Waals surface area contributed by atoms with Crippen LogP contribution in [0.3, 0.4) is 0 Å². The van der Waals surface area contributed by atoms with Crippen LogP contribution in [-0.4, -0.2) is 26.6 Å². The second-order valence-corrected chi connectivity index (χ2v) is 6.74. The van der Waals surface area contributed by atoms with Crippen molar-refractivity contribution in [3.8, 4) is 17.1 Å². The van der Waals surface area contributed by atoms with Gasteiger partial charge in [0.25, 0.3) is 0 Å². The minimum atomic E-state index is -0.284. The molecule has 0 fully saturated rings. The van der Waals surface area contributed by atoms with Crippen LogP contribution in [-0.2, 0) is 6.54 Å². The van der Waals surface area contributed by atoms with Crippen molar-refractivity contribution in [1.29, 1.82) is 0 Å². The average molecular weight is 384 g/mol. The number of hydrogen-bond acceptors (Lipinski definition) is 4. The van der Waals surface area contributed by atoms with Gasteiger partial charge in [-0.2, -0.15) is 0 Å². The van der Waals surface area contributed by atoms with Gasteiger partial charge in [0.05, 0.1) is 24.7 Å². The zero-order valence-corrected chi connectivity index (χ0v) is 15.7. The van der Waals surface area contributed by atoms with E-state index in [4.69, 9.17) is 14.7 Å². The molecular formula is C23H17FN4O. The average Bonchev–Trinajstić information content (AvgIpc) is 3.10. The number of halogens is 1. The summed E-state index contributed by atoms with van der Waals surface area (Å²) in [5, 5.41) is 0. The van der Waals surface area contributed by atoms with Gasteiger partial charge in [-0.3, -0.25) is 0 Å². The van der Waals surface area contributed by atoms with E-state index in [-0.39, 0.29) is 5.82 Å². The monoisotopic (exact) mass is 384 g/mol. The highest BCUT2D eigenvalue weighted by atomic mass is 19.1. The molecule has 2 aromatic heterocycles. The molecule has 6 heteroatoms. The van der Waals surface area contributed by atoms with Crippen LogP contribution in [0.15, 0.2) is 72.8 Å². The third-order valence-corrected chi connectivity index (χ3v) is 4.86. The predicted octanol–water partition coefficient (Wildman–Crippen LogP) is 4.84. The third-order valence-electron chi connectivity index (χ3n) is 4.86. The fourth-order valence-electron chi connectivity index (χ4n) is 3.38. The Kier molecular flexibility index (Phi) is 4.17. The highest BCUT2D eigenvalue weighted by Gasteiger charge is 2.16. The number of para-hydroxylation sites is 2. The van der Waals surface area contributed by atoms with Crippen molar-refractivity contribution in [2.24, 2.45) is 0 Å². The lowest BCUT2D eigenvalue weighted by molar-refractivity contribution is 0.414. The van der Waals surface area contributed by atoms with Crippen LogP contribution in [0.2, 0.25) is 0 Å². The number of imidazole rings is 1. The molecule has 5 aromatic rings. The minimum Gasteiger partial charge on any atom is -0.497 e. The lowest BCUT2D eigenvalue weighted by Gasteiger charge is -2.10. The molecule has 0 radical (unpaired) electrons. The normalized spacial score (nSPS) is 11.2. The van der Waals surface area contributed by atoms with Gasteiger partial charge in [0, 0.05) is 5.56 Å². The van der Waals surface area contributed by atoms with E-state index in [9.17, 15) is 4.39 Å². The van der Waals surface area contributed by atoms with Crippen LogP contribution in [0.1, 0.15) is 5.56 Å². The number of benzene rings is 3. The Labute approximate surface area is 166 Å². The second-order valence-electron chi connectivity index (χ2n) is 6.74. The summed E-state index contributed by atoms with van der Waals surface area (Å²) in [7, 11) is 1.64. The van der Waals surface area contributed by atoms with Crippen LogP contribution in [0.5, 0.6) is 5.75 Å². The van der Waals surface area contributed by atoms with E-state index in [1.807, 2.05) is 53.1 Å². The number of rotatable bonds is 4. The Balaban J connectivity index is 1.71. The molecule has 0 amide bonds. The van der Waals surface area contributed by atoms with Gasteiger partial charge in [-0.1, -0.05) is 24.3 Å². The molecule has 29 heavy (non-hydrogen) atoms. The van der Waals surface area contributed by atoms with E-state index >= 15 is 0 Å². The van der Waals surface area contributed by atoms with E-state index in [0.29, 0.717) is 23.7 Å². The molecule has 0 N–H and O–H groups in total. The summed E-state index contributed by atoms with van der Waals surface area (Å²) in [6, 6.07) is 21.9. The van der Waals surface area contributed by atoms with Gasteiger partial charge in [-0.25, -0.2) is 19.3 Å². The number of nitrogens with zero attached hydrogens (tertiary/aromatic N) is 4. The number of fused-ring (bicyclic) bond motifs is 2. The summed E-state index contributed by atoms with van der Waals surface area (Å²) in [4.78, 5) is 14.2. The van der Waals surface area contributed by atoms with Crippen LogP contribution in [0.4, 0.5) is 4.39 Å². The quantitative estimate of drug-likeness (QED) is 0.445. The second kappa shape index (κ2) is 6.98. The molecule has 0 spiro atoms. The maximum absolute atomic E-state index is 13.5. The first-order valence-electron chi connectivity index (χ1n) is 9.23. The fraction of sp³-hybridized carbons (Fsp3) is 0.0870. The van der Waals surface area contributed by atoms with Crippen molar-refractivity contribution in [2.75, 3.05) is 7.11 Å². The van der Waals surface area contributed by atoms with Crippen molar-refractivity contribution >= 4 is 22.3 Å². The van der Waals surface area contributed by atoms with Crippen molar-refractivity contribution in [1.82, 2.24) is 19.5 Å². The third kappa shape index (κ3) is 3.18. The van der Waals surface area contributed by atoms with E-state index in [1.165, 1.54) is 12.1 Å². The molecule has 5 rings (SSSR count). The maximum Gasteiger partial charge on any atom is 0.198 e. The van der Waals surface area contributed by atoms with Crippen molar-refractivity contribution in [3.05, 3.63) is 84.2 Å². The SMILES string of the molecule is COc1ccc(Cn2c(-c3ccc(F)cc3)nc3nc4ccccc4nc32)cc1. The van der Waals surface area contributed by atoms with E-state index in [0.717, 1.165) is 27.9 Å². The van der Waals surface area contributed by atoms with Gasteiger partial charge >= 0.3 is 0 Å². The molecular weight excluding hydrogens is 367 g/mol. The molecule has 0 saturated carbocycles. The van der Waals surface area contributed by atoms with Gasteiger partial charge < -0.3 is 9.30 Å². The number of ether oxygens (including phenoxy) is 1. The number of methoxy groups -OCH3 is 1. The van der Waals surface area contributed by atoms with Crippen molar-refractivity contribution in [3.63, 3.8) is 0 Å².